The average Bonchev–Trinajstić information content (AvgIpc) is 2.95. The molecule has 1 heterocycles. The molecule has 1 aromatic carbocycles. The van der Waals surface area contributed by atoms with Gasteiger partial charge in [-0.1, -0.05) is 18.9 Å². The van der Waals surface area contributed by atoms with Crippen molar-refractivity contribution in [3.63, 3.8) is 0 Å². The summed E-state index contributed by atoms with van der Waals surface area (Å²) < 4.78 is 29.4. The van der Waals surface area contributed by atoms with Crippen molar-refractivity contribution < 1.29 is 18.3 Å². The number of halogens is 2. The molecule has 3 rings (SSSR count). The third-order valence-electron chi connectivity index (χ3n) is 5.15. The normalized spacial score (nSPS) is 26.9. The Morgan fingerprint density at radius 2 is 2.26 bits per heavy atom. The number of hydrogen-bond donors (Lipinski definition) is 2. The topological polar surface area (TPSA) is 50.4 Å². The smallest absolute Gasteiger partial charge is 0.387 e. The second-order valence-corrected chi connectivity index (χ2v) is 6.54. The van der Waals surface area contributed by atoms with Gasteiger partial charge in [0.15, 0.2) is 0 Å². The second kappa shape index (κ2) is 6.43. The number of nitrogens with one attached hydrogen (secondary N) is 2. The number of hydrogen-bond acceptors (Lipinski definition) is 3. The SMILES string of the molecule is Cc1ccc(NC(=O)[C@@]23CCCC[C@H]2CNC3)cc1OC(F)F. The van der Waals surface area contributed by atoms with Crippen molar-refractivity contribution in [2.45, 2.75) is 39.2 Å². The summed E-state index contributed by atoms with van der Waals surface area (Å²) in [6, 6.07) is 4.87. The van der Waals surface area contributed by atoms with E-state index < -0.39 is 6.61 Å². The highest BCUT2D eigenvalue weighted by Gasteiger charge is 2.49. The van der Waals surface area contributed by atoms with E-state index in [1.807, 2.05) is 0 Å². The van der Waals surface area contributed by atoms with Crippen molar-refractivity contribution in [1.29, 1.82) is 0 Å². The molecule has 0 unspecified atom stereocenters. The third kappa shape index (κ3) is 3.17. The number of rotatable bonds is 4. The zero-order chi connectivity index (χ0) is 16.4. The van der Waals surface area contributed by atoms with E-state index >= 15 is 0 Å². The van der Waals surface area contributed by atoms with Crippen LogP contribution in [0.15, 0.2) is 18.2 Å². The predicted octanol–water partition coefficient (Wildman–Crippen LogP) is 3.31. The maximum Gasteiger partial charge on any atom is 0.387 e. The van der Waals surface area contributed by atoms with Crippen molar-refractivity contribution in [2.75, 3.05) is 18.4 Å². The van der Waals surface area contributed by atoms with Gasteiger partial charge in [0.05, 0.1) is 5.41 Å². The number of amides is 1. The van der Waals surface area contributed by atoms with Gasteiger partial charge in [-0.3, -0.25) is 4.79 Å². The molecule has 23 heavy (non-hydrogen) atoms. The van der Waals surface area contributed by atoms with Gasteiger partial charge in [0.1, 0.15) is 5.75 Å². The predicted molar refractivity (Wildman–Crippen MR) is 83.7 cm³/mol. The quantitative estimate of drug-likeness (QED) is 0.893. The van der Waals surface area contributed by atoms with Crippen LogP contribution in [0.5, 0.6) is 5.75 Å². The van der Waals surface area contributed by atoms with Crippen LogP contribution in [0.4, 0.5) is 14.5 Å². The first kappa shape index (κ1) is 16.2. The van der Waals surface area contributed by atoms with Gasteiger partial charge < -0.3 is 15.4 Å². The Hall–Kier alpha value is -1.69. The molecular weight excluding hydrogens is 302 g/mol. The lowest BCUT2D eigenvalue weighted by atomic mass is 9.67. The van der Waals surface area contributed by atoms with Crippen LogP contribution in [0, 0.1) is 18.3 Å². The van der Waals surface area contributed by atoms with Crippen LogP contribution < -0.4 is 15.4 Å². The molecule has 2 N–H and O–H groups in total. The minimum atomic E-state index is -2.87. The number of fused-ring (bicyclic) bond motifs is 1. The molecule has 1 saturated carbocycles. The first-order chi connectivity index (χ1) is 11.0. The first-order valence-corrected chi connectivity index (χ1v) is 8.09. The summed E-state index contributed by atoms with van der Waals surface area (Å²) in [6.07, 6.45) is 4.16. The monoisotopic (exact) mass is 324 g/mol. The molecule has 4 nitrogen and oxygen atoms in total. The fraction of sp³-hybridized carbons (Fsp3) is 0.588. The van der Waals surface area contributed by atoms with E-state index in [1.165, 1.54) is 6.07 Å². The minimum Gasteiger partial charge on any atom is -0.434 e. The van der Waals surface area contributed by atoms with Crippen LogP contribution in [-0.4, -0.2) is 25.6 Å². The number of ether oxygens (including phenoxy) is 1. The van der Waals surface area contributed by atoms with Gasteiger partial charge in [0.2, 0.25) is 5.91 Å². The number of benzene rings is 1. The highest BCUT2D eigenvalue weighted by atomic mass is 19.3. The van der Waals surface area contributed by atoms with Gasteiger partial charge in [0, 0.05) is 18.3 Å². The molecule has 1 saturated heterocycles. The average molecular weight is 324 g/mol. The minimum absolute atomic E-state index is 0.0148. The molecule has 1 aliphatic carbocycles. The fourth-order valence-corrected chi connectivity index (χ4v) is 3.85. The van der Waals surface area contributed by atoms with Crippen LogP contribution in [0.1, 0.15) is 31.2 Å². The van der Waals surface area contributed by atoms with Crippen LogP contribution in [0.2, 0.25) is 0 Å². The van der Waals surface area contributed by atoms with Crippen LogP contribution in [0.25, 0.3) is 0 Å². The molecule has 0 bridgehead atoms. The Balaban J connectivity index is 1.77. The van der Waals surface area contributed by atoms with Gasteiger partial charge in [0.25, 0.3) is 0 Å². The number of carbonyl (C=O) groups is 1. The zero-order valence-corrected chi connectivity index (χ0v) is 13.2. The highest BCUT2D eigenvalue weighted by molar-refractivity contribution is 5.96. The van der Waals surface area contributed by atoms with Crippen molar-refractivity contribution in [1.82, 2.24) is 5.32 Å². The van der Waals surface area contributed by atoms with Gasteiger partial charge in [-0.15, -0.1) is 0 Å². The Morgan fingerprint density at radius 3 is 3.04 bits per heavy atom. The van der Waals surface area contributed by atoms with Gasteiger partial charge in [-0.05, 0) is 43.9 Å². The van der Waals surface area contributed by atoms with Crippen LogP contribution in [0.3, 0.4) is 0 Å². The molecule has 126 valence electrons. The maximum absolute atomic E-state index is 12.8. The summed E-state index contributed by atoms with van der Waals surface area (Å²) in [4.78, 5) is 12.8. The van der Waals surface area contributed by atoms with E-state index in [1.54, 1.807) is 19.1 Å². The number of alkyl halides is 2. The Bertz CT molecular complexity index is 594. The van der Waals surface area contributed by atoms with E-state index in [0.29, 0.717) is 23.7 Å². The number of anilines is 1. The molecule has 2 atom stereocenters. The summed E-state index contributed by atoms with van der Waals surface area (Å²) in [7, 11) is 0. The van der Waals surface area contributed by atoms with Crippen molar-refractivity contribution in [2.24, 2.45) is 11.3 Å². The molecule has 1 aliphatic heterocycles. The van der Waals surface area contributed by atoms with E-state index in [-0.39, 0.29) is 17.1 Å². The van der Waals surface area contributed by atoms with Gasteiger partial charge in [-0.25, -0.2) is 0 Å². The molecular formula is C17H22F2N2O2. The van der Waals surface area contributed by atoms with E-state index in [4.69, 9.17) is 0 Å². The van der Waals surface area contributed by atoms with Gasteiger partial charge >= 0.3 is 6.61 Å². The highest BCUT2D eigenvalue weighted by Crippen LogP contribution is 2.44. The molecule has 6 heteroatoms. The molecule has 1 amide bonds. The molecule has 0 aromatic heterocycles. The number of carbonyl (C=O) groups excluding carboxylic acids is 1. The largest absolute Gasteiger partial charge is 0.434 e. The molecule has 2 fully saturated rings. The lowest BCUT2D eigenvalue weighted by Crippen LogP contribution is -2.44. The summed E-state index contributed by atoms with van der Waals surface area (Å²) in [5.74, 6) is 0.442. The molecule has 0 spiro atoms. The lowest BCUT2D eigenvalue weighted by molar-refractivity contribution is -0.128. The zero-order valence-electron chi connectivity index (χ0n) is 13.2. The summed E-state index contributed by atoms with van der Waals surface area (Å²) >= 11 is 0. The fourth-order valence-electron chi connectivity index (χ4n) is 3.85. The standard InChI is InChI=1S/C17H22F2N2O2/c1-11-5-6-13(8-14(11)23-16(18)19)21-15(22)17-7-3-2-4-12(17)9-20-10-17/h5-6,8,12,16,20H,2-4,7,9-10H2,1H3,(H,21,22)/t12-,17+/m0/s1. The molecule has 2 aliphatic rings. The number of aryl methyl sites for hydroxylation is 1. The first-order valence-electron chi connectivity index (χ1n) is 8.09. The summed E-state index contributed by atoms with van der Waals surface area (Å²) in [5.41, 5.74) is 0.744. The third-order valence-corrected chi connectivity index (χ3v) is 5.15. The Kier molecular flexibility index (Phi) is 4.53. The summed E-state index contributed by atoms with van der Waals surface area (Å²) in [5, 5.41) is 6.24. The summed E-state index contributed by atoms with van der Waals surface area (Å²) in [6.45, 7) is 0.386. The van der Waals surface area contributed by atoms with E-state index in [9.17, 15) is 13.6 Å². The van der Waals surface area contributed by atoms with Crippen molar-refractivity contribution >= 4 is 11.6 Å². The van der Waals surface area contributed by atoms with E-state index in [2.05, 4.69) is 15.4 Å². The second-order valence-electron chi connectivity index (χ2n) is 6.54. The Morgan fingerprint density at radius 1 is 1.43 bits per heavy atom. The van der Waals surface area contributed by atoms with Gasteiger partial charge in [-0.2, -0.15) is 8.78 Å². The van der Waals surface area contributed by atoms with Crippen LogP contribution in [-0.2, 0) is 4.79 Å². The van der Waals surface area contributed by atoms with Crippen LogP contribution >= 0.6 is 0 Å². The lowest BCUT2D eigenvalue weighted by Gasteiger charge is -2.37. The van der Waals surface area contributed by atoms with Crippen molar-refractivity contribution in [3.05, 3.63) is 23.8 Å². The molecule has 0 radical (unpaired) electrons. The maximum atomic E-state index is 12.8. The molecule has 1 aromatic rings. The van der Waals surface area contributed by atoms with E-state index in [0.717, 1.165) is 32.2 Å². The van der Waals surface area contributed by atoms with Crippen molar-refractivity contribution in [3.8, 4) is 5.75 Å². The Labute approximate surface area is 134 Å².